The summed E-state index contributed by atoms with van der Waals surface area (Å²) >= 11 is 15.1. The smallest absolute Gasteiger partial charge is 0.333 e. The third-order valence-electron chi connectivity index (χ3n) is 8.21. The van der Waals surface area contributed by atoms with E-state index in [0.29, 0.717) is 56.1 Å². The SMILES string of the molecule is CCCn1c(=O)n(Cc2ccc(Cl)cc2)c(=O)c2c1nc(Br)n2C.CCCn1c(=O)n(Cc2ccc(Cl)cc2)c(=O)c2c1nc(N(C)C)n2C. The minimum absolute atomic E-state index is 0.191. The number of aromatic nitrogens is 8. The minimum atomic E-state index is -0.352. The van der Waals surface area contributed by atoms with E-state index in [-0.39, 0.29) is 35.6 Å². The lowest BCUT2D eigenvalue weighted by Crippen LogP contribution is -2.40. The highest BCUT2D eigenvalue weighted by Crippen LogP contribution is 2.18. The van der Waals surface area contributed by atoms with Gasteiger partial charge >= 0.3 is 11.4 Å². The second-order valence-corrected chi connectivity index (χ2v) is 13.6. The van der Waals surface area contributed by atoms with Crippen molar-refractivity contribution in [2.24, 2.45) is 14.1 Å². The summed E-state index contributed by atoms with van der Waals surface area (Å²) in [7, 11) is 7.25. The Morgan fingerprint density at radius 1 is 0.640 bits per heavy atom. The van der Waals surface area contributed by atoms with Gasteiger partial charge in [-0.05, 0) is 64.2 Å². The topological polar surface area (TPSA) is 127 Å². The van der Waals surface area contributed by atoms with Crippen LogP contribution in [0.2, 0.25) is 10.0 Å². The van der Waals surface area contributed by atoms with Crippen molar-refractivity contribution in [2.75, 3.05) is 19.0 Å². The Morgan fingerprint density at radius 2 is 1.04 bits per heavy atom. The fraction of sp³-hybridized carbons (Fsp3) is 0.353. The van der Waals surface area contributed by atoms with Crippen LogP contribution in [0, 0.1) is 0 Å². The van der Waals surface area contributed by atoms with E-state index in [1.807, 2.05) is 57.1 Å². The van der Waals surface area contributed by atoms with Crippen LogP contribution in [0.5, 0.6) is 0 Å². The average Bonchev–Trinajstić information content (AvgIpc) is 3.59. The Balaban J connectivity index is 0.000000195. The van der Waals surface area contributed by atoms with E-state index in [1.165, 1.54) is 9.13 Å². The Kier molecular flexibility index (Phi) is 11.2. The largest absolute Gasteiger partial charge is 0.348 e. The number of anilines is 1. The van der Waals surface area contributed by atoms with Crippen molar-refractivity contribution < 1.29 is 0 Å². The normalized spacial score (nSPS) is 11.3. The molecule has 6 rings (SSSR count). The predicted octanol–water partition coefficient (Wildman–Crippen LogP) is 4.85. The molecular formula is C34H38BrCl2N9O4. The first-order valence-corrected chi connectivity index (χ1v) is 17.6. The second kappa shape index (κ2) is 15.2. The monoisotopic (exact) mass is 785 g/mol. The van der Waals surface area contributed by atoms with Gasteiger partial charge in [0.1, 0.15) is 0 Å². The van der Waals surface area contributed by atoms with E-state index >= 15 is 0 Å². The molecule has 0 N–H and O–H groups in total. The standard InChI is InChI=1S/C18H22ClN5O2.C16H16BrClN4O2/c1-5-10-23-15-14(22(4)17(20-15)21(2)3)16(25)24(18(23)26)11-12-6-8-13(19)9-7-12;1-3-8-21-13-12(20(2)15(17)19-13)14(23)22(16(21)24)9-10-4-6-11(18)7-5-10/h6-9H,5,10-11H2,1-4H3;4-7H,3,8-9H2,1-2H3. The quantitative estimate of drug-likeness (QED) is 0.192. The van der Waals surface area contributed by atoms with Crippen molar-refractivity contribution in [1.29, 1.82) is 0 Å². The first-order chi connectivity index (χ1) is 23.8. The number of imidazole rings is 2. The Hall–Kier alpha value is -4.40. The van der Waals surface area contributed by atoms with E-state index in [9.17, 15) is 19.2 Å². The molecule has 0 aliphatic heterocycles. The first kappa shape index (κ1) is 36.9. The van der Waals surface area contributed by atoms with E-state index in [0.717, 1.165) is 24.0 Å². The molecule has 4 heterocycles. The van der Waals surface area contributed by atoms with Gasteiger partial charge in [0.15, 0.2) is 27.1 Å². The lowest BCUT2D eigenvalue weighted by atomic mass is 10.2. The third kappa shape index (κ3) is 7.10. The van der Waals surface area contributed by atoms with Crippen LogP contribution in [-0.4, -0.2) is 51.5 Å². The van der Waals surface area contributed by atoms with Gasteiger partial charge in [0, 0.05) is 51.3 Å². The highest BCUT2D eigenvalue weighted by Gasteiger charge is 2.21. The maximum atomic E-state index is 13.1. The number of hydrogen-bond acceptors (Lipinski definition) is 7. The molecule has 0 amide bonds. The maximum Gasteiger partial charge on any atom is 0.333 e. The number of nitrogens with zero attached hydrogens (tertiary/aromatic N) is 9. The fourth-order valence-electron chi connectivity index (χ4n) is 5.76. The molecule has 6 aromatic rings. The van der Waals surface area contributed by atoms with Crippen LogP contribution < -0.4 is 27.4 Å². The molecule has 50 heavy (non-hydrogen) atoms. The summed E-state index contributed by atoms with van der Waals surface area (Å²) in [4.78, 5) is 62.4. The molecule has 0 aliphatic rings. The molecule has 0 bridgehead atoms. The third-order valence-corrected chi connectivity index (χ3v) is 9.42. The van der Waals surface area contributed by atoms with E-state index in [1.54, 1.807) is 56.6 Å². The minimum Gasteiger partial charge on any atom is -0.348 e. The zero-order chi connectivity index (χ0) is 36.4. The molecule has 0 atom stereocenters. The molecule has 0 unspecified atom stereocenters. The zero-order valence-electron chi connectivity index (χ0n) is 28.7. The summed E-state index contributed by atoms with van der Waals surface area (Å²) in [6.07, 6.45) is 1.53. The Labute approximate surface area is 305 Å². The van der Waals surface area contributed by atoms with Gasteiger partial charge in [0.05, 0.1) is 13.1 Å². The van der Waals surface area contributed by atoms with Crippen LogP contribution in [0.3, 0.4) is 0 Å². The number of hydrogen-bond donors (Lipinski definition) is 0. The van der Waals surface area contributed by atoms with E-state index < -0.39 is 0 Å². The van der Waals surface area contributed by atoms with Crippen LogP contribution in [0.25, 0.3) is 22.3 Å². The summed E-state index contributed by atoms with van der Waals surface area (Å²) < 4.78 is 9.56. The lowest BCUT2D eigenvalue weighted by molar-refractivity contribution is 0.588. The maximum absolute atomic E-state index is 13.1. The molecule has 0 aliphatic carbocycles. The lowest BCUT2D eigenvalue weighted by Gasteiger charge is -2.12. The van der Waals surface area contributed by atoms with Crippen LogP contribution >= 0.6 is 39.1 Å². The van der Waals surface area contributed by atoms with Gasteiger partial charge in [0.25, 0.3) is 11.1 Å². The number of fused-ring (bicyclic) bond motifs is 2. The van der Waals surface area contributed by atoms with Crippen molar-refractivity contribution in [1.82, 2.24) is 37.4 Å². The molecule has 0 fully saturated rings. The van der Waals surface area contributed by atoms with Crippen LogP contribution in [0.1, 0.15) is 37.8 Å². The van der Waals surface area contributed by atoms with Gasteiger partial charge in [-0.15, -0.1) is 0 Å². The Bertz CT molecular complexity index is 2420. The molecule has 0 saturated heterocycles. The summed E-state index contributed by atoms with van der Waals surface area (Å²) in [5.41, 5.74) is 1.97. The zero-order valence-corrected chi connectivity index (χ0v) is 31.8. The van der Waals surface area contributed by atoms with Crippen molar-refractivity contribution in [2.45, 2.75) is 52.9 Å². The summed E-state index contributed by atoms with van der Waals surface area (Å²) in [5.74, 6) is 0.630. The van der Waals surface area contributed by atoms with Crippen molar-refractivity contribution >= 4 is 67.4 Å². The van der Waals surface area contributed by atoms with E-state index in [2.05, 4.69) is 25.9 Å². The summed E-state index contributed by atoms with van der Waals surface area (Å²) in [5, 5.41) is 1.22. The number of benzene rings is 2. The van der Waals surface area contributed by atoms with Gasteiger partial charge in [-0.3, -0.25) is 27.9 Å². The van der Waals surface area contributed by atoms with Gasteiger partial charge < -0.3 is 14.0 Å². The highest BCUT2D eigenvalue weighted by atomic mass is 79.9. The highest BCUT2D eigenvalue weighted by molar-refractivity contribution is 9.10. The summed E-state index contributed by atoms with van der Waals surface area (Å²) in [6, 6.07) is 14.2. The molecule has 16 heteroatoms. The number of rotatable bonds is 9. The number of halogens is 3. The predicted molar refractivity (Wildman–Crippen MR) is 202 cm³/mol. The molecule has 0 saturated carbocycles. The van der Waals surface area contributed by atoms with Crippen molar-refractivity contribution in [3.63, 3.8) is 0 Å². The second-order valence-electron chi connectivity index (χ2n) is 12.1. The molecule has 0 radical (unpaired) electrons. The van der Waals surface area contributed by atoms with Gasteiger partial charge in [-0.25, -0.2) is 14.6 Å². The molecule has 4 aromatic heterocycles. The van der Waals surface area contributed by atoms with Crippen LogP contribution in [-0.2, 0) is 40.3 Å². The fourth-order valence-corrected chi connectivity index (χ4v) is 6.36. The van der Waals surface area contributed by atoms with Gasteiger partial charge in [0.2, 0.25) is 5.95 Å². The van der Waals surface area contributed by atoms with Crippen LogP contribution in [0.15, 0.2) is 72.4 Å². The van der Waals surface area contributed by atoms with Crippen molar-refractivity contribution in [3.8, 4) is 0 Å². The number of aryl methyl sites for hydroxylation is 4. The summed E-state index contributed by atoms with van der Waals surface area (Å²) in [6.45, 7) is 5.35. The molecular weight excluding hydrogens is 749 g/mol. The Morgan fingerprint density at radius 3 is 1.44 bits per heavy atom. The van der Waals surface area contributed by atoms with Gasteiger partial charge in [-0.2, -0.15) is 4.98 Å². The molecule has 0 spiro atoms. The van der Waals surface area contributed by atoms with Crippen LogP contribution in [0.4, 0.5) is 5.95 Å². The average molecular weight is 788 g/mol. The first-order valence-electron chi connectivity index (χ1n) is 16.0. The van der Waals surface area contributed by atoms with Gasteiger partial charge in [-0.1, -0.05) is 61.3 Å². The van der Waals surface area contributed by atoms with E-state index in [4.69, 9.17) is 23.2 Å². The molecule has 13 nitrogen and oxygen atoms in total. The molecule has 264 valence electrons. The molecule has 2 aromatic carbocycles. The van der Waals surface area contributed by atoms with Crippen molar-refractivity contribution in [3.05, 3.63) is 116 Å².